The van der Waals surface area contributed by atoms with E-state index in [0.29, 0.717) is 0 Å². The molecule has 0 aliphatic rings. The Labute approximate surface area is 69.5 Å². The zero-order chi connectivity index (χ0) is 5.91. The molecular weight excluding hydrogens is 315 g/mol. The summed E-state index contributed by atoms with van der Waals surface area (Å²) >= 11 is 0. The van der Waals surface area contributed by atoms with Gasteiger partial charge in [-0.15, -0.1) is 0 Å². The molecule has 1 nitrogen and oxygen atoms in total. The summed E-state index contributed by atoms with van der Waals surface area (Å²) < 4.78 is 5.51. The Kier molecular flexibility index (Phi) is 7.27. The van der Waals surface area contributed by atoms with Crippen molar-refractivity contribution in [2.24, 2.45) is 0 Å². The minimum Gasteiger partial charge on any atom is -0.461 e. The summed E-state index contributed by atoms with van der Waals surface area (Å²) in [4.78, 5) is 0. The molecule has 0 aromatic heterocycles. The van der Waals surface area contributed by atoms with E-state index < -0.39 is 8.32 Å². The van der Waals surface area contributed by atoms with Gasteiger partial charge in [0.05, 0.1) is 0 Å². The Bertz CT molecular complexity index is 52.5. The third-order valence-corrected chi connectivity index (χ3v) is 5.20. The molecule has 4 heteroatoms. The van der Waals surface area contributed by atoms with Crippen LogP contribution in [-0.2, 0) is 25.2 Å². The van der Waals surface area contributed by atoms with Gasteiger partial charge in [-0.05, 0) is 19.6 Å². The van der Waals surface area contributed by atoms with E-state index in [0.717, 1.165) is 0 Å². The Balaban J connectivity index is 0. The van der Waals surface area contributed by atoms with Crippen LogP contribution >= 0.6 is 0 Å². The van der Waals surface area contributed by atoms with Crippen molar-refractivity contribution in [3.63, 3.8) is 0 Å². The SMILES string of the molecule is C[SiH2]O[Si](C)(C)C.[Pt]. The van der Waals surface area contributed by atoms with Crippen LogP contribution in [0.3, 0.4) is 0 Å². The predicted octanol–water partition coefficient (Wildman–Crippen LogP) is 0.967. The molecule has 0 unspecified atom stereocenters. The number of rotatable bonds is 2. The van der Waals surface area contributed by atoms with Gasteiger partial charge in [0.25, 0.3) is 0 Å². The number of hydrogen-bond acceptors (Lipinski definition) is 1. The van der Waals surface area contributed by atoms with Crippen LogP contribution in [0, 0.1) is 0 Å². The zero-order valence-electron chi connectivity index (χ0n) is 5.93. The van der Waals surface area contributed by atoms with Crippen molar-refractivity contribution in [2.75, 3.05) is 0 Å². The maximum Gasteiger partial charge on any atom is 0.169 e. The van der Waals surface area contributed by atoms with Crippen LogP contribution in [0.5, 0.6) is 0 Å². The van der Waals surface area contributed by atoms with Crippen LogP contribution in [0.4, 0.5) is 0 Å². The first-order valence-corrected chi connectivity index (χ1v) is 8.10. The molecule has 0 aromatic carbocycles. The Morgan fingerprint density at radius 2 is 1.62 bits per heavy atom. The first kappa shape index (κ1) is 11.8. The van der Waals surface area contributed by atoms with Gasteiger partial charge in [-0.1, -0.05) is 6.55 Å². The van der Waals surface area contributed by atoms with Crippen molar-refractivity contribution in [1.29, 1.82) is 0 Å². The molecule has 0 saturated heterocycles. The summed E-state index contributed by atoms with van der Waals surface area (Å²) in [5, 5.41) is 0. The van der Waals surface area contributed by atoms with E-state index >= 15 is 0 Å². The van der Waals surface area contributed by atoms with Gasteiger partial charge >= 0.3 is 0 Å². The van der Waals surface area contributed by atoms with E-state index in [1.54, 1.807) is 0 Å². The second-order valence-electron chi connectivity index (χ2n) is 2.55. The molecule has 0 amide bonds. The fourth-order valence-corrected chi connectivity index (χ4v) is 3.90. The molecule has 0 bridgehead atoms. The average Bonchev–Trinajstić information content (AvgIpc) is 1.30. The zero-order valence-corrected chi connectivity index (χ0v) is 10.6. The molecule has 0 aliphatic heterocycles. The van der Waals surface area contributed by atoms with Crippen molar-refractivity contribution in [3.05, 3.63) is 0 Å². The number of hydrogen-bond donors (Lipinski definition) is 0. The summed E-state index contributed by atoms with van der Waals surface area (Å²) in [6, 6.07) is 0. The van der Waals surface area contributed by atoms with Crippen LogP contribution < -0.4 is 0 Å². The van der Waals surface area contributed by atoms with Crippen LogP contribution in [0.1, 0.15) is 0 Å². The van der Waals surface area contributed by atoms with Crippen molar-refractivity contribution >= 4 is 18.1 Å². The van der Waals surface area contributed by atoms with Gasteiger partial charge in [-0.25, -0.2) is 0 Å². The Morgan fingerprint density at radius 3 is 1.62 bits per heavy atom. The minimum atomic E-state index is -1.10. The maximum atomic E-state index is 5.51. The Hall–Kier alpha value is 1.08. The second-order valence-corrected chi connectivity index (χ2v) is 8.50. The van der Waals surface area contributed by atoms with Crippen LogP contribution in [0.2, 0.25) is 26.2 Å². The normalized spacial score (nSPS) is 12.0. The predicted molar refractivity (Wildman–Crippen MR) is 38.8 cm³/mol. The van der Waals surface area contributed by atoms with E-state index in [1.807, 2.05) is 0 Å². The summed E-state index contributed by atoms with van der Waals surface area (Å²) in [6.45, 7) is 8.86. The van der Waals surface area contributed by atoms with Crippen LogP contribution in [-0.4, -0.2) is 18.1 Å². The third kappa shape index (κ3) is 10.1. The molecule has 0 aromatic rings. The largest absolute Gasteiger partial charge is 0.461 e. The van der Waals surface area contributed by atoms with Gasteiger partial charge in [-0.3, -0.25) is 0 Å². The first-order valence-electron chi connectivity index (χ1n) is 2.70. The van der Waals surface area contributed by atoms with E-state index in [9.17, 15) is 0 Å². The summed E-state index contributed by atoms with van der Waals surface area (Å²) in [7, 11) is -1.22. The van der Waals surface area contributed by atoms with Crippen molar-refractivity contribution in [2.45, 2.75) is 26.2 Å². The van der Waals surface area contributed by atoms with Crippen LogP contribution in [0.15, 0.2) is 0 Å². The molecule has 0 aliphatic carbocycles. The standard InChI is InChI=1S/C4H14OSi2.Pt/c1-6-5-7(2,3)4;/h6H2,1-4H3;. The van der Waals surface area contributed by atoms with Crippen molar-refractivity contribution in [3.8, 4) is 0 Å². The summed E-state index contributed by atoms with van der Waals surface area (Å²) in [5.41, 5.74) is 0. The molecule has 0 rings (SSSR count). The first-order chi connectivity index (χ1) is 3.06. The maximum absolute atomic E-state index is 5.51. The van der Waals surface area contributed by atoms with Gasteiger partial charge in [0.15, 0.2) is 8.32 Å². The third-order valence-electron chi connectivity index (χ3n) is 0.577. The molecule has 0 fully saturated rings. The molecule has 8 heavy (non-hydrogen) atoms. The van der Waals surface area contributed by atoms with Gasteiger partial charge in [0.1, 0.15) is 9.76 Å². The molecule has 0 saturated carbocycles. The molecule has 0 atom stereocenters. The molecular formula is C4H14OPtSi2. The fraction of sp³-hybridized carbons (Fsp3) is 1.00. The quantitative estimate of drug-likeness (QED) is 0.686. The second kappa shape index (κ2) is 4.91. The summed E-state index contributed by atoms with van der Waals surface area (Å²) in [6.07, 6.45) is 0. The summed E-state index contributed by atoms with van der Waals surface area (Å²) in [5.74, 6) is 0. The van der Waals surface area contributed by atoms with Gasteiger partial charge in [-0.2, -0.15) is 0 Å². The van der Waals surface area contributed by atoms with E-state index in [4.69, 9.17) is 4.12 Å². The topological polar surface area (TPSA) is 9.23 Å². The monoisotopic (exact) mass is 329 g/mol. The fourth-order valence-electron chi connectivity index (χ4n) is 0.433. The molecule has 54 valence electrons. The Morgan fingerprint density at radius 1 is 1.25 bits per heavy atom. The van der Waals surface area contributed by atoms with E-state index in [2.05, 4.69) is 26.2 Å². The van der Waals surface area contributed by atoms with Crippen molar-refractivity contribution in [1.82, 2.24) is 0 Å². The van der Waals surface area contributed by atoms with Crippen LogP contribution in [0.25, 0.3) is 0 Å². The van der Waals surface area contributed by atoms with E-state index in [1.165, 1.54) is 0 Å². The van der Waals surface area contributed by atoms with Gasteiger partial charge < -0.3 is 4.12 Å². The molecule has 0 N–H and O–H groups in total. The minimum absolute atomic E-state index is 0. The van der Waals surface area contributed by atoms with Gasteiger partial charge in [0, 0.05) is 21.1 Å². The molecule has 0 radical (unpaired) electrons. The molecule has 0 spiro atoms. The van der Waals surface area contributed by atoms with Gasteiger partial charge in [0.2, 0.25) is 0 Å². The average molecular weight is 329 g/mol. The smallest absolute Gasteiger partial charge is 0.169 e. The molecule has 0 heterocycles. The van der Waals surface area contributed by atoms with Crippen molar-refractivity contribution < 1.29 is 25.2 Å². The van der Waals surface area contributed by atoms with E-state index in [-0.39, 0.29) is 30.8 Å².